The SMILES string of the molecule is CC[CH-]CC[CH-]CC.[W+2]. The van der Waals surface area contributed by atoms with Crippen LogP contribution in [-0.2, 0) is 21.1 Å². The Morgan fingerprint density at radius 2 is 1.22 bits per heavy atom. The Labute approximate surface area is 73.7 Å². The van der Waals surface area contributed by atoms with E-state index in [1.807, 2.05) is 0 Å². The predicted molar refractivity (Wildman–Crippen MR) is 38.4 cm³/mol. The van der Waals surface area contributed by atoms with E-state index in [4.69, 9.17) is 0 Å². The fraction of sp³-hybridized carbons (Fsp3) is 0.750. The van der Waals surface area contributed by atoms with Crippen LogP contribution >= 0.6 is 0 Å². The van der Waals surface area contributed by atoms with Crippen molar-refractivity contribution in [3.63, 3.8) is 0 Å². The number of hydrogen-bond donors (Lipinski definition) is 0. The quantitative estimate of drug-likeness (QED) is 0.540. The summed E-state index contributed by atoms with van der Waals surface area (Å²) in [5.41, 5.74) is 0. The minimum atomic E-state index is 0. The number of unbranched alkanes of at least 4 members (excludes halogenated alkanes) is 5. The molecule has 9 heavy (non-hydrogen) atoms. The van der Waals surface area contributed by atoms with Crippen LogP contribution in [0.15, 0.2) is 0 Å². The first-order chi connectivity index (χ1) is 3.91. The molecular weight excluding hydrogens is 280 g/mol. The molecule has 0 fully saturated rings. The standard InChI is InChI=1S/C8H16.W/c1-3-5-7-8-6-4-2;/h5-6H,3-4,7-8H2,1-2H3;/q-2;+2. The summed E-state index contributed by atoms with van der Waals surface area (Å²) in [7, 11) is 0. The monoisotopic (exact) mass is 296 g/mol. The Morgan fingerprint density at radius 1 is 0.889 bits per heavy atom. The normalized spacial score (nSPS) is 8.67. The van der Waals surface area contributed by atoms with Gasteiger partial charge in [-0.2, -0.15) is 12.8 Å². The minimum Gasteiger partial charge on any atom is -0.331 e. The third kappa shape index (κ3) is 12.0. The summed E-state index contributed by atoms with van der Waals surface area (Å²) in [5, 5.41) is 0. The van der Waals surface area contributed by atoms with Gasteiger partial charge in [0.05, 0.1) is 0 Å². The smallest absolute Gasteiger partial charge is 0.331 e. The van der Waals surface area contributed by atoms with Crippen LogP contribution in [0.4, 0.5) is 0 Å². The number of hydrogen-bond acceptors (Lipinski definition) is 0. The maximum absolute atomic E-state index is 2.33. The van der Waals surface area contributed by atoms with Gasteiger partial charge in [-0.1, -0.05) is 13.8 Å². The van der Waals surface area contributed by atoms with Crippen molar-refractivity contribution in [2.45, 2.75) is 39.5 Å². The molecule has 0 saturated heterocycles. The summed E-state index contributed by atoms with van der Waals surface area (Å²) in [4.78, 5) is 0. The van der Waals surface area contributed by atoms with Gasteiger partial charge in [0.25, 0.3) is 0 Å². The Balaban J connectivity index is 0. The van der Waals surface area contributed by atoms with Crippen molar-refractivity contribution in [1.29, 1.82) is 0 Å². The molecule has 0 saturated carbocycles. The van der Waals surface area contributed by atoms with E-state index in [-0.39, 0.29) is 21.1 Å². The molecule has 0 heterocycles. The van der Waals surface area contributed by atoms with E-state index in [0.29, 0.717) is 0 Å². The molecule has 0 aromatic heterocycles. The van der Waals surface area contributed by atoms with Crippen LogP contribution < -0.4 is 0 Å². The molecule has 0 bridgehead atoms. The van der Waals surface area contributed by atoms with E-state index in [9.17, 15) is 0 Å². The van der Waals surface area contributed by atoms with Crippen LogP contribution in [0.2, 0.25) is 0 Å². The van der Waals surface area contributed by atoms with Crippen molar-refractivity contribution in [2.75, 3.05) is 0 Å². The third-order valence-electron chi connectivity index (χ3n) is 1.15. The van der Waals surface area contributed by atoms with Gasteiger partial charge in [0.2, 0.25) is 0 Å². The average Bonchev–Trinajstić information content (AvgIpc) is 1.81. The van der Waals surface area contributed by atoms with Gasteiger partial charge < -0.3 is 12.8 Å². The van der Waals surface area contributed by atoms with E-state index < -0.39 is 0 Å². The molecule has 54 valence electrons. The maximum atomic E-state index is 2.33. The molecule has 0 aromatic carbocycles. The van der Waals surface area contributed by atoms with Crippen molar-refractivity contribution < 1.29 is 21.1 Å². The van der Waals surface area contributed by atoms with E-state index in [0.717, 1.165) is 0 Å². The van der Waals surface area contributed by atoms with E-state index in [2.05, 4.69) is 26.7 Å². The first-order valence-electron chi connectivity index (χ1n) is 3.55. The summed E-state index contributed by atoms with van der Waals surface area (Å²) < 4.78 is 0. The zero-order valence-corrected chi connectivity index (χ0v) is 9.32. The summed E-state index contributed by atoms with van der Waals surface area (Å²) in [6.45, 7) is 4.37. The fourth-order valence-electron chi connectivity index (χ4n) is 0.644. The van der Waals surface area contributed by atoms with Crippen molar-refractivity contribution in [2.24, 2.45) is 0 Å². The molecular formula is C8H16W. The molecule has 0 atom stereocenters. The van der Waals surface area contributed by atoms with Crippen molar-refractivity contribution >= 4 is 0 Å². The van der Waals surface area contributed by atoms with Crippen molar-refractivity contribution in [1.82, 2.24) is 0 Å². The van der Waals surface area contributed by atoms with Gasteiger partial charge in [0.15, 0.2) is 0 Å². The Morgan fingerprint density at radius 3 is 1.44 bits per heavy atom. The Hall–Kier alpha value is 0.688. The summed E-state index contributed by atoms with van der Waals surface area (Å²) >= 11 is 0. The average molecular weight is 296 g/mol. The summed E-state index contributed by atoms with van der Waals surface area (Å²) in [6, 6.07) is 0. The second-order valence-electron chi connectivity index (χ2n) is 1.97. The molecule has 1 heteroatoms. The summed E-state index contributed by atoms with van der Waals surface area (Å²) in [6.07, 6.45) is 9.63. The van der Waals surface area contributed by atoms with Crippen molar-refractivity contribution in [3.8, 4) is 0 Å². The van der Waals surface area contributed by atoms with Gasteiger partial charge in [-0.05, 0) is 0 Å². The zero-order valence-electron chi connectivity index (χ0n) is 6.39. The molecule has 0 aromatic rings. The molecule has 0 aliphatic heterocycles. The molecule has 0 unspecified atom stereocenters. The molecule has 0 aliphatic rings. The number of rotatable bonds is 5. The van der Waals surface area contributed by atoms with Gasteiger partial charge in [0, 0.05) is 0 Å². The molecule has 0 aliphatic carbocycles. The van der Waals surface area contributed by atoms with Gasteiger partial charge in [-0.25, -0.2) is 12.8 Å². The Bertz CT molecular complexity index is 29.5. The van der Waals surface area contributed by atoms with Crippen LogP contribution in [0.1, 0.15) is 39.5 Å². The first-order valence-corrected chi connectivity index (χ1v) is 3.55. The zero-order chi connectivity index (χ0) is 6.24. The third-order valence-corrected chi connectivity index (χ3v) is 1.15. The van der Waals surface area contributed by atoms with E-state index in [1.54, 1.807) is 0 Å². The van der Waals surface area contributed by atoms with Crippen LogP contribution in [0.25, 0.3) is 0 Å². The fourth-order valence-corrected chi connectivity index (χ4v) is 0.644. The second-order valence-corrected chi connectivity index (χ2v) is 1.97. The van der Waals surface area contributed by atoms with Gasteiger partial charge in [0.1, 0.15) is 0 Å². The van der Waals surface area contributed by atoms with Crippen molar-refractivity contribution in [3.05, 3.63) is 12.8 Å². The molecule has 0 spiro atoms. The molecule has 0 rings (SSSR count). The second kappa shape index (κ2) is 11.5. The topological polar surface area (TPSA) is 0 Å². The van der Waals surface area contributed by atoms with E-state index in [1.165, 1.54) is 25.7 Å². The van der Waals surface area contributed by atoms with Crippen LogP contribution in [-0.4, -0.2) is 0 Å². The van der Waals surface area contributed by atoms with Gasteiger partial charge in [-0.3, -0.25) is 0 Å². The summed E-state index contributed by atoms with van der Waals surface area (Å²) in [5.74, 6) is 0. The first kappa shape index (κ1) is 12.4. The maximum Gasteiger partial charge on any atom is 2.00 e. The molecule has 0 N–H and O–H groups in total. The molecule has 0 nitrogen and oxygen atoms in total. The van der Waals surface area contributed by atoms with Crippen LogP contribution in [0, 0.1) is 12.8 Å². The van der Waals surface area contributed by atoms with Crippen LogP contribution in [0.3, 0.4) is 0 Å². The minimum absolute atomic E-state index is 0. The van der Waals surface area contributed by atoms with E-state index >= 15 is 0 Å². The molecule has 0 radical (unpaired) electrons. The largest absolute Gasteiger partial charge is 2.00 e. The predicted octanol–water partition coefficient (Wildman–Crippen LogP) is 2.99. The van der Waals surface area contributed by atoms with Gasteiger partial charge in [-0.15, -0.1) is 0 Å². The van der Waals surface area contributed by atoms with Gasteiger partial charge >= 0.3 is 21.1 Å². The molecule has 0 amide bonds. The Kier molecular flexibility index (Phi) is 15.8. The van der Waals surface area contributed by atoms with Crippen LogP contribution in [0.5, 0.6) is 0 Å².